The fourth-order valence-electron chi connectivity index (χ4n) is 4.18. The van der Waals surface area contributed by atoms with E-state index >= 15 is 0 Å². The highest BCUT2D eigenvalue weighted by atomic mass is 35.5. The maximum atomic E-state index is 13.4. The number of halogens is 1. The highest BCUT2D eigenvalue weighted by Crippen LogP contribution is 2.32. The summed E-state index contributed by atoms with van der Waals surface area (Å²) >= 11 is 6.43. The van der Waals surface area contributed by atoms with E-state index in [-0.39, 0.29) is 24.3 Å². The van der Waals surface area contributed by atoms with Crippen LogP contribution in [-0.2, 0) is 13.6 Å². The van der Waals surface area contributed by atoms with Crippen LogP contribution in [0.5, 0.6) is 5.75 Å². The zero-order valence-electron chi connectivity index (χ0n) is 18.6. The molecular formula is C24H22ClN5O4. The summed E-state index contributed by atoms with van der Waals surface area (Å²) in [6.07, 6.45) is 2.13. The standard InChI is InChI=1S/C24H22ClN5O4/c1-27-21-20(22(32)28(24(27)33)11-6-12-31)29-14-18(15-7-4-3-5-8-15)30(23(29)26-21)16-9-10-19(34-2)17(25)13-16/h3-5,7-10,13-14,31H,6,11-12H2,1-2H3. The Balaban J connectivity index is 1.89. The number of aliphatic hydroxyl groups is 1. The molecule has 0 unspecified atom stereocenters. The molecule has 0 aliphatic heterocycles. The van der Waals surface area contributed by atoms with Crippen molar-refractivity contribution in [3.05, 3.63) is 80.6 Å². The Morgan fingerprint density at radius 3 is 2.56 bits per heavy atom. The topological polar surface area (TPSA) is 95.7 Å². The van der Waals surface area contributed by atoms with Gasteiger partial charge in [-0.1, -0.05) is 41.9 Å². The average Bonchev–Trinajstić information content (AvgIpc) is 3.40. The fourth-order valence-corrected chi connectivity index (χ4v) is 4.44. The molecule has 174 valence electrons. The van der Waals surface area contributed by atoms with Crippen molar-refractivity contribution in [1.82, 2.24) is 23.1 Å². The van der Waals surface area contributed by atoms with Gasteiger partial charge in [0.2, 0.25) is 5.78 Å². The third kappa shape index (κ3) is 3.32. The Morgan fingerprint density at radius 1 is 1.12 bits per heavy atom. The predicted molar refractivity (Wildman–Crippen MR) is 130 cm³/mol. The van der Waals surface area contributed by atoms with Crippen molar-refractivity contribution < 1.29 is 9.84 Å². The molecule has 0 spiro atoms. The van der Waals surface area contributed by atoms with E-state index in [0.29, 0.717) is 23.0 Å². The number of benzene rings is 2. The van der Waals surface area contributed by atoms with Crippen LogP contribution < -0.4 is 16.0 Å². The molecule has 34 heavy (non-hydrogen) atoms. The summed E-state index contributed by atoms with van der Waals surface area (Å²) in [6, 6.07) is 15.1. The molecule has 0 saturated carbocycles. The van der Waals surface area contributed by atoms with E-state index in [2.05, 4.69) is 0 Å². The molecule has 0 aliphatic carbocycles. The predicted octanol–water partition coefficient (Wildman–Crippen LogP) is 2.85. The summed E-state index contributed by atoms with van der Waals surface area (Å²) in [5, 5.41) is 9.64. The van der Waals surface area contributed by atoms with Gasteiger partial charge in [0.25, 0.3) is 5.56 Å². The number of hydrogen-bond donors (Lipinski definition) is 1. The third-order valence-electron chi connectivity index (χ3n) is 5.85. The zero-order valence-corrected chi connectivity index (χ0v) is 19.4. The van der Waals surface area contributed by atoms with Crippen LogP contribution >= 0.6 is 11.6 Å². The van der Waals surface area contributed by atoms with E-state index in [1.54, 1.807) is 30.7 Å². The lowest BCUT2D eigenvalue weighted by Crippen LogP contribution is -2.39. The van der Waals surface area contributed by atoms with E-state index in [9.17, 15) is 14.7 Å². The summed E-state index contributed by atoms with van der Waals surface area (Å²) in [7, 11) is 3.13. The Bertz CT molecular complexity index is 1650. The number of ether oxygens (including phenoxy) is 1. The average molecular weight is 480 g/mol. The van der Waals surface area contributed by atoms with Crippen molar-refractivity contribution in [3.63, 3.8) is 0 Å². The summed E-state index contributed by atoms with van der Waals surface area (Å²) < 4.78 is 11.4. The quantitative estimate of drug-likeness (QED) is 0.404. The Morgan fingerprint density at radius 2 is 1.88 bits per heavy atom. The first-order valence-corrected chi connectivity index (χ1v) is 11.1. The molecule has 1 N–H and O–H groups in total. The molecule has 0 atom stereocenters. The first kappa shape index (κ1) is 22.0. The van der Waals surface area contributed by atoms with Crippen molar-refractivity contribution in [2.75, 3.05) is 13.7 Å². The van der Waals surface area contributed by atoms with Gasteiger partial charge in [-0.05, 0) is 24.6 Å². The SMILES string of the molecule is COc1ccc(-n2c(-c3ccccc3)cn3c4c(=O)n(CCCO)c(=O)n(C)c4nc23)cc1Cl. The maximum absolute atomic E-state index is 13.4. The number of nitrogens with zero attached hydrogens (tertiary/aromatic N) is 5. The van der Waals surface area contributed by atoms with E-state index in [1.807, 2.05) is 47.2 Å². The molecule has 0 amide bonds. The Labute approximate surface area is 198 Å². The van der Waals surface area contributed by atoms with Gasteiger partial charge in [0, 0.05) is 32.0 Å². The van der Waals surface area contributed by atoms with Crippen LogP contribution in [0.2, 0.25) is 5.02 Å². The van der Waals surface area contributed by atoms with Crippen LogP contribution in [0.1, 0.15) is 6.42 Å². The first-order valence-electron chi connectivity index (χ1n) is 10.7. The molecule has 10 heteroatoms. The smallest absolute Gasteiger partial charge is 0.332 e. The molecule has 3 heterocycles. The van der Waals surface area contributed by atoms with Gasteiger partial charge in [0.15, 0.2) is 11.2 Å². The number of hydrogen-bond acceptors (Lipinski definition) is 5. The molecule has 3 aromatic heterocycles. The second-order valence-corrected chi connectivity index (χ2v) is 8.27. The van der Waals surface area contributed by atoms with Gasteiger partial charge in [0.05, 0.1) is 23.5 Å². The van der Waals surface area contributed by atoms with Crippen molar-refractivity contribution in [2.24, 2.45) is 7.05 Å². The lowest BCUT2D eigenvalue weighted by molar-refractivity contribution is 0.277. The molecule has 0 aliphatic rings. The summed E-state index contributed by atoms with van der Waals surface area (Å²) in [5.41, 5.74) is 2.06. The van der Waals surface area contributed by atoms with Crippen LogP contribution in [-0.4, -0.2) is 41.9 Å². The molecule has 0 saturated heterocycles. The van der Waals surface area contributed by atoms with Gasteiger partial charge < -0.3 is 9.84 Å². The van der Waals surface area contributed by atoms with Gasteiger partial charge >= 0.3 is 5.69 Å². The van der Waals surface area contributed by atoms with E-state index in [0.717, 1.165) is 21.5 Å². The number of rotatable bonds is 6. The minimum Gasteiger partial charge on any atom is -0.495 e. The van der Waals surface area contributed by atoms with Gasteiger partial charge in [-0.25, -0.2) is 4.79 Å². The normalized spacial score (nSPS) is 11.5. The zero-order chi connectivity index (χ0) is 24.0. The molecule has 0 radical (unpaired) electrons. The third-order valence-corrected chi connectivity index (χ3v) is 6.15. The monoisotopic (exact) mass is 479 g/mol. The van der Waals surface area contributed by atoms with Crippen LogP contribution in [0.3, 0.4) is 0 Å². The van der Waals surface area contributed by atoms with E-state index in [1.165, 1.54) is 4.57 Å². The number of fused-ring (bicyclic) bond motifs is 3. The van der Waals surface area contributed by atoms with Crippen LogP contribution in [0.25, 0.3) is 33.9 Å². The van der Waals surface area contributed by atoms with Crippen molar-refractivity contribution in [2.45, 2.75) is 13.0 Å². The molecule has 0 fully saturated rings. The van der Waals surface area contributed by atoms with Gasteiger partial charge in [-0.15, -0.1) is 0 Å². The van der Waals surface area contributed by atoms with E-state index < -0.39 is 11.2 Å². The van der Waals surface area contributed by atoms with Crippen molar-refractivity contribution in [1.29, 1.82) is 0 Å². The van der Waals surface area contributed by atoms with Gasteiger partial charge in [0.1, 0.15) is 5.75 Å². The van der Waals surface area contributed by atoms with Crippen LogP contribution in [0.4, 0.5) is 0 Å². The van der Waals surface area contributed by atoms with Crippen molar-refractivity contribution >= 4 is 28.5 Å². The molecule has 0 bridgehead atoms. The Hall–Kier alpha value is -3.82. The number of methoxy groups -OCH3 is 1. The minimum atomic E-state index is -0.478. The number of imidazole rings is 2. The largest absolute Gasteiger partial charge is 0.495 e. The summed E-state index contributed by atoms with van der Waals surface area (Å²) in [6.45, 7) is -0.00622. The second kappa shape index (κ2) is 8.51. The Kier molecular flexibility index (Phi) is 5.51. The highest BCUT2D eigenvalue weighted by molar-refractivity contribution is 6.32. The summed E-state index contributed by atoms with van der Waals surface area (Å²) in [4.78, 5) is 30.9. The lowest BCUT2D eigenvalue weighted by Gasteiger charge is -2.11. The van der Waals surface area contributed by atoms with Gasteiger partial charge in [-0.2, -0.15) is 4.98 Å². The minimum absolute atomic E-state index is 0.117. The van der Waals surface area contributed by atoms with Gasteiger partial charge in [-0.3, -0.25) is 22.9 Å². The molecule has 2 aromatic carbocycles. The molecular weight excluding hydrogens is 458 g/mol. The molecule has 5 aromatic rings. The fraction of sp³-hybridized carbons (Fsp3) is 0.208. The first-order chi connectivity index (χ1) is 16.5. The maximum Gasteiger partial charge on any atom is 0.332 e. The van der Waals surface area contributed by atoms with Crippen LogP contribution in [0.15, 0.2) is 64.3 Å². The highest BCUT2D eigenvalue weighted by Gasteiger charge is 2.22. The molecule has 5 rings (SSSR count). The molecule has 9 nitrogen and oxygen atoms in total. The number of aliphatic hydroxyl groups excluding tert-OH is 1. The number of aryl methyl sites for hydroxylation is 1. The van der Waals surface area contributed by atoms with Crippen molar-refractivity contribution in [3.8, 4) is 22.7 Å². The lowest BCUT2D eigenvalue weighted by atomic mass is 10.1. The van der Waals surface area contributed by atoms with E-state index in [4.69, 9.17) is 21.3 Å². The number of aromatic nitrogens is 5. The van der Waals surface area contributed by atoms with Crippen LogP contribution in [0, 0.1) is 0 Å². The summed E-state index contributed by atoms with van der Waals surface area (Å²) in [5.74, 6) is 1.000. The second-order valence-electron chi connectivity index (χ2n) is 7.86.